The minimum absolute atomic E-state index is 0.0697. The van der Waals surface area contributed by atoms with Gasteiger partial charge in [0.05, 0.1) is 16.8 Å². The molecule has 0 bridgehead atoms. The fourth-order valence-electron chi connectivity index (χ4n) is 5.44. The molecule has 0 saturated heterocycles. The number of carbonyl (C=O) groups is 3. The van der Waals surface area contributed by atoms with E-state index in [-0.39, 0.29) is 36.1 Å². The summed E-state index contributed by atoms with van der Waals surface area (Å²) in [5, 5.41) is 43.6. The largest absolute Gasteiger partial charge is 0.508 e. The summed E-state index contributed by atoms with van der Waals surface area (Å²) in [6.07, 6.45) is 3.73. The predicted octanol–water partition coefficient (Wildman–Crippen LogP) is 2.36. The fraction of sp³-hybridized carbons (Fsp3) is 0.280. The zero-order valence-electron chi connectivity index (χ0n) is 18.6. The molecule has 0 aliphatic heterocycles. The monoisotopic (exact) mass is 494 g/mol. The molecule has 10 heteroatoms. The Morgan fingerprint density at radius 2 is 1.94 bits per heavy atom. The third kappa shape index (κ3) is 3.24. The Hall–Kier alpha value is -3.76. The van der Waals surface area contributed by atoms with Gasteiger partial charge in [0.25, 0.3) is 5.91 Å². The van der Waals surface area contributed by atoms with Gasteiger partial charge in [-0.15, -0.1) is 11.3 Å². The Balaban J connectivity index is 1.65. The Bertz CT molecular complexity index is 1420. The molecule has 0 radical (unpaired) electrons. The van der Waals surface area contributed by atoms with Gasteiger partial charge in [0.2, 0.25) is 5.78 Å². The van der Waals surface area contributed by atoms with Crippen molar-refractivity contribution in [3.05, 3.63) is 61.8 Å². The van der Waals surface area contributed by atoms with E-state index in [2.05, 4.69) is 4.98 Å². The van der Waals surface area contributed by atoms with E-state index in [0.717, 1.165) is 16.1 Å². The lowest BCUT2D eigenvalue weighted by molar-refractivity contribution is -0.147. The summed E-state index contributed by atoms with van der Waals surface area (Å²) in [5.74, 6) is -6.39. The lowest BCUT2D eigenvalue weighted by Crippen LogP contribution is -2.58. The number of phenolic OH excluding ortho intramolecular Hbond substituents is 1. The minimum atomic E-state index is -2.56. The highest BCUT2D eigenvalue weighted by Crippen LogP contribution is 2.52. The number of thiazole rings is 1. The Kier molecular flexibility index (Phi) is 5.19. The maximum absolute atomic E-state index is 13.5. The number of hydrogen-bond acceptors (Lipinski definition) is 9. The SMILES string of the molecule is Cc1ncsc1/C=C/c1ccc(O)c2c1CC1CC3CC(=O)C(C(N)=O)=C(O)C3(O)C(=O)C1=C2O. The number of aliphatic hydroxyl groups excluding tert-OH is 2. The maximum Gasteiger partial charge on any atom is 0.255 e. The molecule has 1 amide bonds. The molecule has 1 aromatic heterocycles. The van der Waals surface area contributed by atoms with Gasteiger partial charge in [0.1, 0.15) is 22.8 Å². The summed E-state index contributed by atoms with van der Waals surface area (Å²) >= 11 is 1.47. The van der Waals surface area contributed by atoms with Crippen molar-refractivity contribution < 1.29 is 34.8 Å². The number of aryl methyl sites for hydroxylation is 1. The number of Topliss-reactive ketones (excluding diaryl/α,β-unsaturated/α-hetero) is 2. The molecule has 2 aromatic rings. The van der Waals surface area contributed by atoms with Crippen LogP contribution in [0.15, 0.2) is 34.5 Å². The third-order valence-electron chi connectivity index (χ3n) is 7.18. The van der Waals surface area contributed by atoms with Crippen molar-refractivity contribution in [2.45, 2.75) is 31.8 Å². The molecule has 180 valence electrons. The summed E-state index contributed by atoms with van der Waals surface area (Å²) in [5.41, 5.74) is 5.69. The molecule has 0 spiro atoms. The molecule has 1 heterocycles. The summed E-state index contributed by atoms with van der Waals surface area (Å²) < 4.78 is 0. The van der Waals surface area contributed by atoms with E-state index < -0.39 is 52.0 Å². The van der Waals surface area contributed by atoms with Crippen molar-refractivity contribution >= 4 is 46.7 Å². The van der Waals surface area contributed by atoms with Crippen LogP contribution in [0, 0.1) is 18.8 Å². The van der Waals surface area contributed by atoms with Crippen molar-refractivity contribution in [3.63, 3.8) is 0 Å². The number of hydrogen-bond donors (Lipinski definition) is 5. The van der Waals surface area contributed by atoms with Crippen LogP contribution in [0.1, 0.15) is 40.1 Å². The number of ketones is 2. The van der Waals surface area contributed by atoms with E-state index in [9.17, 15) is 34.8 Å². The molecule has 3 aliphatic rings. The lowest BCUT2D eigenvalue weighted by Gasteiger charge is -2.46. The Labute approximate surface area is 203 Å². The Morgan fingerprint density at radius 3 is 2.60 bits per heavy atom. The molecule has 35 heavy (non-hydrogen) atoms. The number of benzene rings is 1. The van der Waals surface area contributed by atoms with Gasteiger partial charge in [-0.25, -0.2) is 4.98 Å². The van der Waals surface area contributed by atoms with Crippen LogP contribution in [0.25, 0.3) is 17.9 Å². The zero-order chi connectivity index (χ0) is 25.2. The molecular weight excluding hydrogens is 472 g/mol. The van der Waals surface area contributed by atoms with Crippen LogP contribution in [0.2, 0.25) is 0 Å². The van der Waals surface area contributed by atoms with E-state index >= 15 is 0 Å². The lowest BCUT2D eigenvalue weighted by atomic mass is 9.59. The number of aromatic hydroxyl groups is 1. The zero-order valence-corrected chi connectivity index (χ0v) is 19.4. The highest BCUT2D eigenvalue weighted by Gasteiger charge is 2.60. The summed E-state index contributed by atoms with van der Waals surface area (Å²) in [4.78, 5) is 42.8. The number of carbonyl (C=O) groups excluding carboxylic acids is 3. The van der Waals surface area contributed by atoms with Crippen molar-refractivity contribution in [2.24, 2.45) is 17.6 Å². The number of phenols is 1. The smallest absolute Gasteiger partial charge is 0.255 e. The standard InChI is InChI=1S/C25H22N2O7S/c1-10-17(35-9-27-10)5-3-11-2-4-15(28)19-14(11)7-12-6-13-8-16(29)20(24(26)33)23(32)25(13,34)22(31)18(12)21(19)30/h2-5,9,12-13,28,30,32,34H,6-8H2,1H3,(H2,26,33)/b5-3+. The average molecular weight is 495 g/mol. The summed E-state index contributed by atoms with van der Waals surface area (Å²) in [6.45, 7) is 1.89. The first-order chi connectivity index (χ1) is 16.6. The number of amides is 1. The van der Waals surface area contributed by atoms with Gasteiger partial charge in [-0.05, 0) is 49.0 Å². The van der Waals surface area contributed by atoms with Crippen LogP contribution < -0.4 is 5.73 Å². The highest BCUT2D eigenvalue weighted by molar-refractivity contribution is 7.10. The van der Waals surface area contributed by atoms with Crippen LogP contribution in [0.3, 0.4) is 0 Å². The van der Waals surface area contributed by atoms with Crippen molar-refractivity contribution in [2.75, 3.05) is 0 Å². The molecule has 3 aliphatic carbocycles. The second kappa shape index (κ2) is 7.89. The first-order valence-corrected chi connectivity index (χ1v) is 11.8. The summed E-state index contributed by atoms with van der Waals surface area (Å²) in [6, 6.07) is 3.11. The maximum atomic E-state index is 13.5. The van der Waals surface area contributed by atoms with E-state index in [1.165, 1.54) is 17.4 Å². The van der Waals surface area contributed by atoms with Crippen molar-refractivity contribution in [3.8, 4) is 5.75 Å². The van der Waals surface area contributed by atoms with Crippen LogP contribution >= 0.6 is 11.3 Å². The third-order valence-corrected chi connectivity index (χ3v) is 8.08. The molecule has 3 atom stereocenters. The number of nitrogens with zero attached hydrogens (tertiary/aromatic N) is 1. The van der Waals surface area contributed by atoms with Gasteiger partial charge in [0.15, 0.2) is 11.4 Å². The van der Waals surface area contributed by atoms with Gasteiger partial charge in [-0.3, -0.25) is 14.4 Å². The van der Waals surface area contributed by atoms with Gasteiger partial charge < -0.3 is 26.2 Å². The van der Waals surface area contributed by atoms with Gasteiger partial charge in [0, 0.05) is 22.8 Å². The molecule has 1 fully saturated rings. The molecule has 3 unspecified atom stereocenters. The number of fused-ring (bicyclic) bond motifs is 3. The highest BCUT2D eigenvalue weighted by atomic mass is 32.1. The van der Waals surface area contributed by atoms with Crippen molar-refractivity contribution in [1.29, 1.82) is 0 Å². The van der Waals surface area contributed by atoms with Gasteiger partial charge >= 0.3 is 0 Å². The topological polar surface area (TPSA) is 171 Å². The molecular formula is C25H22N2O7S. The molecule has 1 saturated carbocycles. The second-order valence-electron chi connectivity index (χ2n) is 9.07. The number of nitrogens with two attached hydrogens (primary N) is 1. The minimum Gasteiger partial charge on any atom is -0.508 e. The average Bonchev–Trinajstić information content (AvgIpc) is 3.20. The first kappa shape index (κ1) is 23.0. The number of aromatic nitrogens is 1. The van der Waals surface area contributed by atoms with Crippen molar-refractivity contribution in [1.82, 2.24) is 4.98 Å². The number of aliphatic hydroxyl groups is 3. The van der Waals surface area contributed by atoms with Gasteiger partial charge in [-0.2, -0.15) is 0 Å². The number of rotatable bonds is 3. The van der Waals surface area contributed by atoms with E-state index in [1.54, 1.807) is 11.6 Å². The first-order valence-electron chi connectivity index (χ1n) is 11.0. The van der Waals surface area contributed by atoms with Crippen LogP contribution in [-0.2, 0) is 20.8 Å². The second-order valence-corrected chi connectivity index (χ2v) is 9.96. The predicted molar refractivity (Wildman–Crippen MR) is 127 cm³/mol. The van der Waals surface area contributed by atoms with E-state index in [4.69, 9.17) is 5.73 Å². The van der Waals surface area contributed by atoms with Crippen LogP contribution in [-0.4, -0.2) is 48.5 Å². The molecule has 9 nitrogen and oxygen atoms in total. The summed E-state index contributed by atoms with van der Waals surface area (Å²) in [7, 11) is 0. The van der Waals surface area contributed by atoms with E-state index in [0.29, 0.717) is 5.56 Å². The molecule has 6 N–H and O–H groups in total. The van der Waals surface area contributed by atoms with Gasteiger partial charge in [-0.1, -0.05) is 12.1 Å². The van der Waals surface area contributed by atoms with E-state index in [1.807, 2.05) is 19.1 Å². The molecule has 5 rings (SSSR count). The quantitative estimate of drug-likeness (QED) is 0.405. The fourth-order valence-corrected chi connectivity index (χ4v) is 6.13. The normalized spacial score (nSPS) is 26.1. The van der Waals surface area contributed by atoms with Crippen LogP contribution in [0.5, 0.6) is 5.75 Å². The Morgan fingerprint density at radius 1 is 1.20 bits per heavy atom. The van der Waals surface area contributed by atoms with Crippen LogP contribution in [0.4, 0.5) is 0 Å². The molecule has 1 aromatic carbocycles. The number of primary amides is 1.